The normalized spacial score (nSPS) is 8.91. The fraction of sp³-hybridized carbons (Fsp3) is 0. The minimum Gasteiger partial charge on any atom is -0.258 e. The van der Waals surface area contributed by atoms with E-state index < -0.39 is 41.9 Å². The number of hydrogen-bond acceptors (Lipinski definition) is 10. The average molecular weight is 320 g/mol. The van der Waals surface area contributed by atoms with Gasteiger partial charge >= 0.3 is 17.1 Å². The largest absolute Gasteiger partial charge is 0.422 e. The van der Waals surface area contributed by atoms with Gasteiger partial charge in [-0.3, -0.25) is 30.3 Å². The minimum atomic E-state index is -1.25. The molecule has 16 heteroatoms. The molecule has 0 heterocycles. The molecular weight excluding hydrogens is 316 g/mol. The first-order chi connectivity index (χ1) is 10.1. The van der Waals surface area contributed by atoms with Gasteiger partial charge < -0.3 is 0 Å². The zero-order chi connectivity index (χ0) is 17.4. The van der Waals surface area contributed by atoms with E-state index in [0.29, 0.717) is 0 Å². The Morgan fingerprint density at radius 2 is 1.05 bits per heavy atom. The Hall–Kier alpha value is -3.98. The number of rotatable bonds is 5. The van der Waals surface area contributed by atoms with Crippen LogP contribution in [-0.2, 0) is 0 Å². The van der Waals surface area contributed by atoms with E-state index in [1.165, 1.54) is 0 Å². The summed E-state index contributed by atoms with van der Waals surface area (Å²) in [5.74, 6) is 0. The Bertz CT molecular complexity index is 599. The Morgan fingerprint density at radius 3 is 1.23 bits per heavy atom. The van der Waals surface area contributed by atoms with Crippen molar-refractivity contribution in [1.29, 1.82) is 0 Å². The van der Waals surface area contributed by atoms with Gasteiger partial charge in [0.05, 0.1) is 14.8 Å². The molecule has 0 saturated heterocycles. The van der Waals surface area contributed by atoms with Crippen molar-refractivity contribution < 1.29 is 24.8 Å². The van der Waals surface area contributed by atoms with Gasteiger partial charge in [-0.1, -0.05) is 0 Å². The fourth-order valence-corrected chi connectivity index (χ4v) is 1.07. The zero-order valence-corrected chi connectivity index (χ0v) is 10.1. The van der Waals surface area contributed by atoms with Crippen LogP contribution in [0.25, 0.3) is 0 Å². The van der Waals surface area contributed by atoms with Gasteiger partial charge in [0, 0.05) is 12.1 Å². The summed E-state index contributed by atoms with van der Waals surface area (Å²) in [4.78, 5) is 46.1. The molecule has 0 fully saturated rings. The van der Waals surface area contributed by atoms with Crippen LogP contribution >= 0.6 is 0 Å². The summed E-state index contributed by atoms with van der Waals surface area (Å²) in [6.45, 7) is 0. The van der Waals surface area contributed by atoms with Gasteiger partial charge in [0.2, 0.25) is 10.1 Å². The first-order valence-electron chi connectivity index (χ1n) is 4.69. The molecule has 118 valence electrons. The van der Waals surface area contributed by atoms with Crippen LogP contribution in [0.15, 0.2) is 18.2 Å². The molecule has 1 aromatic carbocycles. The molecule has 0 saturated carbocycles. The van der Waals surface area contributed by atoms with Crippen LogP contribution in [0.4, 0.5) is 17.1 Å². The minimum absolute atomic E-state index is 0.750. The molecule has 0 radical (unpaired) electrons. The number of nitrogens with zero attached hydrogens (tertiary/aromatic N) is 5. The highest BCUT2D eigenvalue weighted by Crippen LogP contribution is 2.35. The van der Waals surface area contributed by atoms with Gasteiger partial charge in [-0.25, -0.2) is 20.2 Å². The zero-order valence-electron chi connectivity index (χ0n) is 10.1. The molecule has 0 unspecified atom stereocenters. The van der Waals surface area contributed by atoms with Gasteiger partial charge in [-0.15, -0.1) is 0 Å². The summed E-state index contributed by atoms with van der Waals surface area (Å²) >= 11 is 0. The first kappa shape index (κ1) is 18.0. The van der Waals surface area contributed by atoms with Crippen LogP contribution in [-0.4, -0.2) is 24.8 Å². The van der Waals surface area contributed by atoms with E-state index in [1.54, 1.807) is 0 Å². The number of benzene rings is 1. The quantitative estimate of drug-likeness (QED) is 0.574. The Labute approximate surface area is 117 Å². The first-order valence-corrected chi connectivity index (χ1v) is 4.69. The maximum atomic E-state index is 10.4. The van der Waals surface area contributed by atoms with Crippen molar-refractivity contribution in [3.05, 3.63) is 68.8 Å². The Morgan fingerprint density at radius 1 is 0.682 bits per heavy atom. The van der Waals surface area contributed by atoms with Crippen LogP contribution in [0.3, 0.4) is 0 Å². The number of nitro benzene ring substituents is 3. The second-order valence-corrected chi connectivity index (χ2v) is 3.03. The average Bonchev–Trinajstić information content (AvgIpc) is 2.36. The molecule has 0 bridgehead atoms. The fourth-order valence-electron chi connectivity index (χ4n) is 1.07. The van der Waals surface area contributed by atoms with Crippen LogP contribution in [0, 0.1) is 50.6 Å². The Kier molecular flexibility index (Phi) is 6.20. The summed E-state index contributed by atoms with van der Waals surface area (Å²) in [5.41, 5.74) is -2.14. The highest BCUT2D eigenvalue weighted by atomic mass is 16.8. The molecule has 1 aromatic rings. The second kappa shape index (κ2) is 7.57. The third-order valence-corrected chi connectivity index (χ3v) is 1.73. The number of nitro groups is 5. The molecule has 0 aliphatic rings. The van der Waals surface area contributed by atoms with E-state index in [1.807, 2.05) is 0 Å². The van der Waals surface area contributed by atoms with Crippen molar-refractivity contribution in [2.45, 2.75) is 0 Å². The lowest BCUT2D eigenvalue weighted by Crippen LogP contribution is -2.27. The summed E-state index contributed by atoms with van der Waals surface area (Å²) in [6.07, 6.45) is 0. The molecule has 22 heavy (non-hydrogen) atoms. The predicted molar refractivity (Wildman–Crippen MR) is 63.5 cm³/mol. The number of hydrogen-bond donors (Lipinski definition) is 1. The molecule has 0 aromatic heterocycles. The highest BCUT2D eigenvalue weighted by Gasteiger charge is 2.34. The summed E-state index contributed by atoms with van der Waals surface area (Å²) in [7, 11) is 0. The van der Waals surface area contributed by atoms with Gasteiger partial charge in [-0.05, 0) is 6.07 Å². The summed E-state index contributed by atoms with van der Waals surface area (Å²) in [6, 6.07) is 2.69. The third-order valence-electron chi connectivity index (χ3n) is 1.73. The van der Waals surface area contributed by atoms with Crippen LogP contribution in [0.5, 0.6) is 0 Å². The van der Waals surface area contributed by atoms with E-state index in [9.17, 15) is 30.3 Å². The maximum Gasteiger partial charge on any atom is 0.422 e. The molecule has 1 rings (SSSR count). The number of hydrazine groups is 2. The van der Waals surface area contributed by atoms with E-state index in [-0.39, 0.29) is 0 Å². The van der Waals surface area contributed by atoms with E-state index in [2.05, 4.69) is 0 Å². The number of para-hydroxylation sites is 1. The van der Waals surface area contributed by atoms with Gasteiger partial charge in [0.15, 0.2) is 5.53 Å². The lowest BCUT2D eigenvalue weighted by Gasteiger charge is -1.95. The van der Waals surface area contributed by atoms with Crippen LogP contribution in [0.2, 0.25) is 0 Å². The molecule has 16 nitrogen and oxygen atoms in total. The lowest BCUT2D eigenvalue weighted by atomic mass is 10.2. The molecule has 0 atom stereocenters. The Balaban J connectivity index is 0.000000534. The van der Waals surface area contributed by atoms with E-state index >= 15 is 0 Å². The molecule has 0 amide bonds. The SMILES string of the molecule is O=[N+]([O-])N[N+](=O)[O-].O=[N+]([O-])c1cccc([N+](=O)[O-])c1[N+](=O)[O-]. The van der Waals surface area contributed by atoms with Gasteiger partial charge in [-0.2, -0.15) is 0 Å². The maximum absolute atomic E-state index is 10.4. The molecule has 0 aliphatic heterocycles. The van der Waals surface area contributed by atoms with Crippen molar-refractivity contribution in [3.63, 3.8) is 0 Å². The lowest BCUT2D eigenvalue weighted by molar-refractivity contribution is -0.778. The second-order valence-electron chi connectivity index (χ2n) is 3.03. The van der Waals surface area contributed by atoms with E-state index in [4.69, 9.17) is 20.2 Å². The van der Waals surface area contributed by atoms with Crippen molar-refractivity contribution in [3.8, 4) is 0 Å². The standard InChI is InChI=1S/C6H3N3O6.HN3O4/c10-7(11)4-2-1-3-5(8(12)13)6(4)9(14)15;4-2(5)1-3(6)7/h1-3H;1H. The molecule has 0 aliphatic carbocycles. The van der Waals surface area contributed by atoms with Crippen LogP contribution < -0.4 is 5.53 Å². The van der Waals surface area contributed by atoms with Gasteiger partial charge in [0.1, 0.15) is 0 Å². The third kappa shape index (κ3) is 5.34. The van der Waals surface area contributed by atoms with Crippen molar-refractivity contribution >= 4 is 17.1 Å². The van der Waals surface area contributed by atoms with Gasteiger partial charge in [0.25, 0.3) is 0 Å². The van der Waals surface area contributed by atoms with Crippen molar-refractivity contribution in [1.82, 2.24) is 5.53 Å². The van der Waals surface area contributed by atoms with E-state index in [0.717, 1.165) is 23.7 Å². The highest BCUT2D eigenvalue weighted by molar-refractivity contribution is 5.65. The molecule has 0 spiro atoms. The topological polar surface area (TPSA) is 228 Å². The summed E-state index contributed by atoms with van der Waals surface area (Å²) in [5, 5.41) is 46.8. The monoisotopic (exact) mass is 320 g/mol. The number of nitrogens with one attached hydrogen (secondary N) is 1. The summed E-state index contributed by atoms with van der Waals surface area (Å²) < 4.78 is 0. The smallest absolute Gasteiger partial charge is 0.258 e. The predicted octanol–water partition coefficient (Wildman–Crippen LogP) is 0.371. The van der Waals surface area contributed by atoms with Crippen LogP contribution in [0.1, 0.15) is 0 Å². The van der Waals surface area contributed by atoms with Crippen molar-refractivity contribution in [2.24, 2.45) is 0 Å². The van der Waals surface area contributed by atoms with Crippen molar-refractivity contribution in [2.75, 3.05) is 0 Å². The molecular formula is C6H4N6O10. The molecule has 1 N–H and O–H groups in total.